The summed E-state index contributed by atoms with van der Waals surface area (Å²) in [5.74, 6) is 0.307. The third-order valence-corrected chi connectivity index (χ3v) is 5.10. The fourth-order valence-corrected chi connectivity index (χ4v) is 3.29. The molecule has 3 aromatic rings. The topological polar surface area (TPSA) is 104 Å². The second kappa shape index (κ2) is 9.06. The lowest BCUT2D eigenvalue weighted by Gasteiger charge is -2.11. The van der Waals surface area contributed by atoms with Crippen molar-refractivity contribution in [3.8, 4) is 5.75 Å². The lowest BCUT2D eigenvalue weighted by molar-refractivity contribution is -0.123. The van der Waals surface area contributed by atoms with E-state index in [1.54, 1.807) is 44.2 Å². The van der Waals surface area contributed by atoms with Crippen molar-refractivity contribution in [1.29, 1.82) is 0 Å². The molecule has 0 bridgehead atoms. The molecule has 1 aromatic carbocycles. The number of hydrogen-bond donors (Lipinski definition) is 1. The van der Waals surface area contributed by atoms with Gasteiger partial charge in [0, 0.05) is 11.1 Å². The molecule has 8 nitrogen and oxygen atoms in total. The number of ether oxygens (including phenoxy) is 2. The summed E-state index contributed by atoms with van der Waals surface area (Å²) in [5, 5.41) is 7.41. The summed E-state index contributed by atoms with van der Waals surface area (Å²) in [4.78, 5) is 29.2. The SMILES string of the molecule is Cc1cc(NC(=O)C(C)OC(=O)c2sc(COc3ccc(Cl)cc3)nc2C)no1. The molecule has 0 saturated carbocycles. The molecule has 1 unspecified atom stereocenters. The van der Waals surface area contributed by atoms with Gasteiger partial charge < -0.3 is 19.3 Å². The molecule has 1 amide bonds. The van der Waals surface area contributed by atoms with E-state index in [-0.39, 0.29) is 12.4 Å². The van der Waals surface area contributed by atoms with Crippen molar-refractivity contribution in [2.75, 3.05) is 5.32 Å². The van der Waals surface area contributed by atoms with Gasteiger partial charge in [-0.1, -0.05) is 16.8 Å². The summed E-state index contributed by atoms with van der Waals surface area (Å²) in [6, 6.07) is 8.50. The fraction of sp³-hybridized carbons (Fsp3) is 0.263. The number of benzene rings is 1. The average Bonchev–Trinajstić information content (AvgIpc) is 3.26. The zero-order valence-electron chi connectivity index (χ0n) is 15.9. The normalized spacial score (nSPS) is 11.7. The second-order valence-electron chi connectivity index (χ2n) is 6.12. The summed E-state index contributed by atoms with van der Waals surface area (Å²) in [7, 11) is 0. The van der Waals surface area contributed by atoms with Crippen LogP contribution in [-0.2, 0) is 16.1 Å². The van der Waals surface area contributed by atoms with Gasteiger partial charge in [-0.3, -0.25) is 4.79 Å². The van der Waals surface area contributed by atoms with Crippen LogP contribution in [0.5, 0.6) is 5.75 Å². The Morgan fingerprint density at radius 1 is 1.28 bits per heavy atom. The highest BCUT2D eigenvalue weighted by atomic mass is 35.5. The molecule has 0 aliphatic carbocycles. The molecule has 0 fully saturated rings. The first-order chi connectivity index (χ1) is 13.8. The summed E-state index contributed by atoms with van der Waals surface area (Å²) in [5.41, 5.74) is 0.509. The highest BCUT2D eigenvalue weighted by molar-refractivity contribution is 7.13. The molecule has 0 aliphatic rings. The molecule has 152 valence electrons. The van der Waals surface area contributed by atoms with Crippen LogP contribution >= 0.6 is 22.9 Å². The number of anilines is 1. The van der Waals surface area contributed by atoms with Crippen LogP contribution in [0.1, 0.15) is 33.1 Å². The van der Waals surface area contributed by atoms with Gasteiger partial charge in [0.1, 0.15) is 28.0 Å². The Bertz CT molecular complexity index is 1020. The van der Waals surface area contributed by atoms with Gasteiger partial charge >= 0.3 is 5.97 Å². The van der Waals surface area contributed by atoms with Gasteiger partial charge in [0.15, 0.2) is 11.9 Å². The summed E-state index contributed by atoms with van der Waals surface area (Å²) >= 11 is 7.00. The van der Waals surface area contributed by atoms with Crippen LogP contribution in [0, 0.1) is 13.8 Å². The monoisotopic (exact) mass is 435 g/mol. The number of aromatic nitrogens is 2. The number of halogens is 1. The predicted molar refractivity (Wildman–Crippen MR) is 107 cm³/mol. The van der Waals surface area contributed by atoms with Crippen molar-refractivity contribution in [2.24, 2.45) is 0 Å². The van der Waals surface area contributed by atoms with Crippen LogP contribution in [0.3, 0.4) is 0 Å². The van der Waals surface area contributed by atoms with E-state index in [0.29, 0.717) is 32.1 Å². The van der Waals surface area contributed by atoms with E-state index in [1.165, 1.54) is 6.92 Å². The minimum Gasteiger partial charge on any atom is -0.486 e. The van der Waals surface area contributed by atoms with Gasteiger partial charge in [0.05, 0.1) is 5.69 Å². The molecular formula is C19H18ClN3O5S. The van der Waals surface area contributed by atoms with E-state index in [9.17, 15) is 9.59 Å². The Balaban J connectivity index is 1.57. The number of carbonyl (C=O) groups excluding carboxylic acids is 2. The number of thiazole rings is 1. The molecule has 0 radical (unpaired) electrons. The highest BCUT2D eigenvalue weighted by Gasteiger charge is 2.23. The number of nitrogens with zero attached hydrogens (tertiary/aromatic N) is 2. The maximum atomic E-state index is 12.4. The molecule has 2 heterocycles. The molecule has 29 heavy (non-hydrogen) atoms. The number of amides is 1. The number of esters is 1. The Morgan fingerprint density at radius 2 is 2.00 bits per heavy atom. The zero-order chi connectivity index (χ0) is 21.0. The Morgan fingerprint density at radius 3 is 2.66 bits per heavy atom. The van der Waals surface area contributed by atoms with Gasteiger partial charge in [-0.15, -0.1) is 11.3 Å². The number of carbonyl (C=O) groups is 2. The smallest absolute Gasteiger partial charge is 0.351 e. The Hall–Kier alpha value is -2.91. The third kappa shape index (κ3) is 5.55. The van der Waals surface area contributed by atoms with Gasteiger partial charge in [-0.2, -0.15) is 0 Å². The molecule has 0 aliphatic heterocycles. The molecule has 1 atom stereocenters. The predicted octanol–water partition coefficient (Wildman–Crippen LogP) is 4.16. The molecule has 0 saturated heterocycles. The standard InChI is InChI=1S/C19H18ClN3O5S/c1-10-8-15(23-28-10)22-18(24)12(3)27-19(25)17-11(2)21-16(29-17)9-26-14-6-4-13(20)5-7-14/h4-8,12H,9H2,1-3H3,(H,22,23,24). The van der Waals surface area contributed by atoms with Gasteiger partial charge in [-0.05, 0) is 45.0 Å². The number of aryl methyl sites for hydroxylation is 2. The minimum atomic E-state index is -1.02. The van der Waals surface area contributed by atoms with Crippen LogP contribution < -0.4 is 10.1 Å². The average molecular weight is 436 g/mol. The first-order valence-electron chi connectivity index (χ1n) is 8.61. The zero-order valence-corrected chi connectivity index (χ0v) is 17.5. The Labute approximate surface area is 175 Å². The largest absolute Gasteiger partial charge is 0.486 e. The first-order valence-corrected chi connectivity index (χ1v) is 9.81. The number of hydrogen-bond acceptors (Lipinski definition) is 8. The maximum Gasteiger partial charge on any atom is 0.351 e. The van der Waals surface area contributed by atoms with E-state index in [1.807, 2.05) is 0 Å². The van der Waals surface area contributed by atoms with Crippen LogP contribution in [0.15, 0.2) is 34.9 Å². The van der Waals surface area contributed by atoms with Crippen LogP contribution in [0.2, 0.25) is 5.02 Å². The fourth-order valence-electron chi connectivity index (χ4n) is 2.30. The van der Waals surface area contributed by atoms with Crippen molar-refractivity contribution in [3.63, 3.8) is 0 Å². The summed E-state index contributed by atoms with van der Waals surface area (Å²) in [6.45, 7) is 5.07. The second-order valence-corrected chi connectivity index (χ2v) is 7.64. The lowest BCUT2D eigenvalue weighted by atomic mass is 10.3. The summed E-state index contributed by atoms with van der Waals surface area (Å²) in [6.07, 6.45) is -1.02. The molecule has 1 N–H and O–H groups in total. The number of rotatable bonds is 7. The van der Waals surface area contributed by atoms with Gasteiger partial charge in [0.2, 0.25) is 0 Å². The summed E-state index contributed by atoms with van der Waals surface area (Å²) < 4.78 is 15.8. The number of nitrogens with one attached hydrogen (secondary N) is 1. The first kappa shape index (κ1) is 20.8. The van der Waals surface area contributed by atoms with Crippen molar-refractivity contribution < 1.29 is 23.6 Å². The molecule has 2 aromatic heterocycles. The van der Waals surface area contributed by atoms with E-state index < -0.39 is 18.0 Å². The van der Waals surface area contributed by atoms with Gasteiger partial charge in [-0.25, -0.2) is 9.78 Å². The minimum absolute atomic E-state index is 0.196. The molecule has 3 rings (SSSR count). The van der Waals surface area contributed by atoms with Crippen molar-refractivity contribution in [1.82, 2.24) is 10.1 Å². The van der Waals surface area contributed by atoms with E-state index in [4.69, 9.17) is 25.6 Å². The molecule has 0 spiro atoms. The van der Waals surface area contributed by atoms with E-state index in [2.05, 4.69) is 15.5 Å². The third-order valence-electron chi connectivity index (χ3n) is 3.73. The van der Waals surface area contributed by atoms with Crippen molar-refractivity contribution >= 4 is 40.6 Å². The van der Waals surface area contributed by atoms with Crippen molar-refractivity contribution in [2.45, 2.75) is 33.5 Å². The van der Waals surface area contributed by atoms with Crippen LogP contribution in [0.4, 0.5) is 5.82 Å². The molecule has 10 heteroatoms. The Kier molecular flexibility index (Phi) is 6.50. The van der Waals surface area contributed by atoms with Crippen molar-refractivity contribution in [3.05, 3.63) is 56.7 Å². The lowest BCUT2D eigenvalue weighted by Crippen LogP contribution is -2.30. The van der Waals surface area contributed by atoms with E-state index >= 15 is 0 Å². The molecular weight excluding hydrogens is 418 g/mol. The van der Waals surface area contributed by atoms with Crippen LogP contribution in [0.25, 0.3) is 0 Å². The highest BCUT2D eigenvalue weighted by Crippen LogP contribution is 2.22. The quantitative estimate of drug-likeness (QED) is 0.555. The van der Waals surface area contributed by atoms with Crippen LogP contribution in [-0.4, -0.2) is 28.1 Å². The maximum absolute atomic E-state index is 12.4. The van der Waals surface area contributed by atoms with Gasteiger partial charge in [0.25, 0.3) is 5.91 Å². The van der Waals surface area contributed by atoms with E-state index in [0.717, 1.165) is 11.3 Å².